The van der Waals surface area contributed by atoms with Gasteiger partial charge in [-0.05, 0) is 6.92 Å². The van der Waals surface area contributed by atoms with Crippen LogP contribution in [0.25, 0.3) is 21.4 Å². The highest BCUT2D eigenvalue weighted by molar-refractivity contribution is 7.22. The first-order valence-corrected chi connectivity index (χ1v) is 8.10. The fourth-order valence-electron chi connectivity index (χ4n) is 2.31. The van der Waals surface area contributed by atoms with Gasteiger partial charge in [0.05, 0.1) is 12.9 Å². The molecule has 3 aromatic rings. The van der Waals surface area contributed by atoms with Gasteiger partial charge in [0, 0.05) is 14.1 Å². The molecule has 10 heteroatoms. The first-order valence-electron chi connectivity index (χ1n) is 7.28. The summed E-state index contributed by atoms with van der Waals surface area (Å²) in [5, 5.41) is 6.00. The van der Waals surface area contributed by atoms with Gasteiger partial charge in [-0.2, -0.15) is 0 Å². The zero-order valence-corrected chi connectivity index (χ0v) is 14.2. The summed E-state index contributed by atoms with van der Waals surface area (Å²) in [4.78, 5) is 37.1. The number of rotatable bonds is 5. The number of fused-ring (bicyclic) bond motifs is 3. The minimum atomic E-state index is -0.569. The molecule has 0 aliphatic carbocycles. The average Bonchev–Trinajstić information content (AvgIpc) is 3.09. The fourth-order valence-corrected chi connectivity index (χ4v) is 3.17. The van der Waals surface area contributed by atoms with Crippen molar-refractivity contribution in [1.82, 2.24) is 19.5 Å². The van der Waals surface area contributed by atoms with Crippen LogP contribution in [0.2, 0.25) is 0 Å². The van der Waals surface area contributed by atoms with Crippen LogP contribution in [-0.2, 0) is 21.4 Å². The Bertz CT molecular complexity index is 932. The molecule has 3 aromatic heterocycles. The van der Waals surface area contributed by atoms with Crippen molar-refractivity contribution in [2.75, 3.05) is 24.3 Å². The van der Waals surface area contributed by atoms with Crippen molar-refractivity contribution in [1.29, 1.82) is 0 Å². The number of imidazole rings is 1. The monoisotopic (exact) mass is 348 g/mol. The second-order valence-corrected chi connectivity index (χ2v) is 5.94. The summed E-state index contributed by atoms with van der Waals surface area (Å²) in [5.41, 5.74) is 2.19. The maximum absolute atomic E-state index is 11.9. The minimum Gasteiger partial charge on any atom is -0.466 e. The van der Waals surface area contributed by atoms with Gasteiger partial charge in [0.1, 0.15) is 27.8 Å². The molecule has 126 valence electrons. The van der Waals surface area contributed by atoms with Crippen LogP contribution in [-0.4, -0.2) is 45.1 Å². The predicted molar refractivity (Wildman–Crippen MR) is 91.1 cm³/mol. The van der Waals surface area contributed by atoms with E-state index >= 15 is 0 Å². The van der Waals surface area contributed by atoms with Gasteiger partial charge in [0.25, 0.3) is 0 Å². The van der Waals surface area contributed by atoms with Crippen molar-refractivity contribution < 1.29 is 14.3 Å². The molecule has 0 saturated carbocycles. The molecule has 0 aromatic carbocycles. The molecule has 24 heavy (non-hydrogen) atoms. The van der Waals surface area contributed by atoms with Crippen LogP contribution >= 0.6 is 11.3 Å². The largest absolute Gasteiger partial charge is 0.466 e. The van der Waals surface area contributed by atoms with Gasteiger partial charge in [0.15, 0.2) is 10.9 Å². The number of carbonyl (C=O) groups excluding carboxylic acids is 2. The molecule has 3 rings (SSSR count). The van der Waals surface area contributed by atoms with E-state index in [0.29, 0.717) is 26.8 Å². The van der Waals surface area contributed by atoms with Crippen molar-refractivity contribution in [3.8, 4) is 0 Å². The minimum absolute atomic E-state index is 0.239. The van der Waals surface area contributed by atoms with Gasteiger partial charge in [-0.3, -0.25) is 9.59 Å². The Hall–Kier alpha value is -2.75. The molecular formula is C14H16N6O3S. The lowest BCUT2D eigenvalue weighted by Gasteiger charge is -2.01. The van der Waals surface area contributed by atoms with Crippen LogP contribution in [0.3, 0.4) is 0 Å². The third-order valence-corrected chi connectivity index (χ3v) is 4.17. The number of hydrogen-bond donors (Lipinski definition) is 2. The molecule has 0 atom stereocenters. The highest BCUT2D eigenvalue weighted by Crippen LogP contribution is 2.32. The van der Waals surface area contributed by atoms with E-state index in [1.54, 1.807) is 20.3 Å². The summed E-state index contributed by atoms with van der Waals surface area (Å²) in [5.74, 6) is -0.394. The lowest BCUT2D eigenvalue weighted by molar-refractivity contribution is -0.145. The van der Waals surface area contributed by atoms with Gasteiger partial charge in [0.2, 0.25) is 5.91 Å². The Morgan fingerprint density at radius 3 is 2.83 bits per heavy atom. The molecule has 0 unspecified atom stereocenters. The molecule has 0 aliphatic rings. The summed E-state index contributed by atoms with van der Waals surface area (Å²) in [7, 11) is 3.64. The maximum atomic E-state index is 11.9. The second kappa shape index (κ2) is 6.40. The number of anilines is 2. The Morgan fingerprint density at radius 1 is 1.33 bits per heavy atom. The van der Waals surface area contributed by atoms with E-state index < -0.39 is 11.9 Å². The van der Waals surface area contributed by atoms with Crippen molar-refractivity contribution in [2.45, 2.75) is 13.3 Å². The average molecular weight is 348 g/mol. The fraction of sp³-hybridized carbons (Fsp3) is 0.357. The number of aromatic nitrogens is 4. The molecular weight excluding hydrogens is 332 g/mol. The molecule has 0 radical (unpaired) electrons. The van der Waals surface area contributed by atoms with Crippen LogP contribution < -0.4 is 10.6 Å². The lowest BCUT2D eigenvalue weighted by atomic mass is 10.3. The number of carbonyl (C=O) groups is 2. The predicted octanol–water partition coefficient (Wildman–Crippen LogP) is 1.51. The zero-order valence-electron chi connectivity index (χ0n) is 13.4. The van der Waals surface area contributed by atoms with Crippen molar-refractivity contribution in [3.05, 3.63) is 6.33 Å². The number of thiazole rings is 1. The van der Waals surface area contributed by atoms with Crippen LogP contribution in [0.15, 0.2) is 6.33 Å². The van der Waals surface area contributed by atoms with Crippen molar-refractivity contribution >= 4 is 55.5 Å². The molecule has 2 N–H and O–H groups in total. The third-order valence-electron chi connectivity index (χ3n) is 3.30. The smallest absolute Gasteiger partial charge is 0.315 e. The quantitative estimate of drug-likeness (QED) is 0.531. The Labute approximate surface area is 141 Å². The highest BCUT2D eigenvalue weighted by Gasteiger charge is 2.18. The van der Waals surface area contributed by atoms with E-state index in [0.717, 1.165) is 5.52 Å². The molecule has 3 heterocycles. The molecule has 0 fully saturated rings. The number of aryl methyl sites for hydroxylation is 1. The first kappa shape index (κ1) is 16.1. The van der Waals surface area contributed by atoms with Crippen LogP contribution in [0, 0.1) is 0 Å². The maximum Gasteiger partial charge on any atom is 0.315 e. The molecule has 0 spiro atoms. The van der Waals surface area contributed by atoms with E-state index in [-0.39, 0.29) is 13.0 Å². The molecule has 1 amide bonds. The Morgan fingerprint density at radius 2 is 2.12 bits per heavy atom. The number of pyridine rings is 1. The summed E-state index contributed by atoms with van der Waals surface area (Å²) < 4.78 is 6.60. The van der Waals surface area contributed by atoms with Crippen molar-refractivity contribution in [3.63, 3.8) is 0 Å². The Kier molecular flexibility index (Phi) is 4.30. The Balaban J connectivity index is 1.94. The summed E-state index contributed by atoms with van der Waals surface area (Å²) in [6.45, 7) is 1.93. The van der Waals surface area contributed by atoms with E-state index in [1.165, 1.54) is 11.3 Å². The van der Waals surface area contributed by atoms with Crippen LogP contribution in [0.5, 0.6) is 0 Å². The van der Waals surface area contributed by atoms with Crippen LogP contribution in [0.1, 0.15) is 13.3 Å². The molecule has 0 aliphatic heterocycles. The summed E-state index contributed by atoms with van der Waals surface area (Å²) >= 11 is 1.24. The van der Waals surface area contributed by atoms with Gasteiger partial charge >= 0.3 is 5.97 Å². The SMILES string of the molecule is CCOC(=O)CC(=O)Nc1nc2c(nc(NC)c3ncn(C)c32)s1. The summed E-state index contributed by atoms with van der Waals surface area (Å²) in [6, 6.07) is 0. The molecule has 0 bridgehead atoms. The van der Waals surface area contributed by atoms with E-state index in [9.17, 15) is 9.59 Å². The van der Waals surface area contributed by atoms with Gasteiger partial charge in [-0.1, -0.05) is 11.3 Å². The number of esters is 1. The van der Waals surface area contributed by atoms with Gasteiger partial charge in [-0.25, -0.2) is 15.0 Å². The number of nitrogens with zero attached hydrogens (tertiary/aromatic N) is 4. The second-order valence-electron chi connectivity index (χ2n) is 4.97. The van der Waals surface area contributed by atoms with Crippen LogP contribution in [0.4, 0.5) is 10.9 Å². The van der Waals surface area contributed by atoms with Gasteiger partial charge < -0.3 is 19.9 Å². The number of nitrogens with one attached hydrogen (secondary N) is 2. The lowest BCUT2D eigenvalue weighted by Crippen LogP contribution is -2.17. The third kappa shape index (κ3) is 2.87. The van der Waals surface area contributed by atoms with Crippen molar-refractivity contribution in [2.24, 2.45) is 7.05 Å². The standard InChI is InChI=1S/C14H16N6O3S/c1-4-23-8(22)5-7(21)17-14-18-10-11-9(16-6-20(11)3)12(15-2)19-13(10)24-14/h6H,4-5H2,1-3H3,(H,15,19)(H,17,18,21). The van der Waals surface area contributed by atoms with E-state index in [1.807, 2.05) is 11.6 Å². The molecule has 9 nitrogen and oxygen atoms in total. The number of hydrogen-bond acceptors (Lipinski definition) is 8. The number of amides is 1. The highest BCUT2D eigenvalue weighted by atomic mass is 32.1. The molecule has 0 saturated heterocycles. The number of ether oxygens (including phenoxy) is 1. The summed E-state index contributed by atoms with van der Waals surface area (Å²) in [6.07, 6.45) is 1.34. The normalized spacial score (nSPS) is 11.0. The van der Waals surface area contributed by atoms with Gasteiger partial charge in [-0.15, -0.1) is 0 Å². The topological polar surface area (TPSA) is 111 Å². The van der Waals surface area contributed by atoms with E-state index in [2.05, 4.69) is 25.6 Å². The van der Waals surface area contributed by atoms with E-state index in [4.69, 9.17) is 4.74 Å². The zero-order chi connectivity index (χ0) is 17.3. The first-order chi connectivity index (χ1) is 11.5.